The topological polar surface area (TPSA) is 66.5 Å². The Morgan fingerprint density at radius 2 is 1.57 bits per heavy atom. The Labute approximate surface area is 210 Å². The SMILES string of the molecule is CCCC[C@@H](CC)CNC(=O)c1ccccc1N(Cc1ccccc1)S(=O)(=O)c1ccc(C)cc1. The summed E-state index contributed by atoms with van der Waals surface area (Å²) in [6.45, 7) is 6.91. The van der Waals surface area contributed by atoms with Crippen molar-refractivity contribution >= 4 is 21.6 Å². The first-order chi connectivity index (χ1) is 16.9. The molecule has 6 heteroatoms. The number of carbonyl (C=O) groups excluding carboxylic acids is 1. The number of carbonyl (C=O) groups is 1. The molecule has 0 radical (unpaired) electrons. The van der Waals surface area contributed by atoms with E-state index in [1.54, 1.807) is 48.5 Å². The normalized spacial score (nSPS) is 12.2. The fourth-order valence-electron chi connectivity index (χ4n) is 4.05. The van der Waals surface area contributed by atoms with Crippen LogP contribution in [0.25, 0.3) is 0 Å². The van der Waals surface area contributed by atoms with Crippen LogP contribution >= 0.6 is 0 Å². The van der Waals surface area contributed by atoms with E-state index in [4.69, 9.17) is 0 Å². The molecule has 0 bridgehead atoms. The van der Waals surface area contributed by atoms with E-state index in [1.165, 1.54) is 4.31 Å². The number of benzene rings is 3. The van der Waals surface area contributed by atoms with E-state index < -0.39 is 10.0 Å². The molecule has 5 nitrogen and oxygen atoms in total. The lowest BCUT2D eigenvalue weighted by Gasteiger charge is -2.27. The Morgan fingerprint density at radius 1 is 0.914 bits per heavy atom. The average Bonchev–Trinajstić information content (AvgIpc) is 2.88. The molecule has 0 aliphatic rings. The third-order valence-corrected chi connectivity index (χ3v) is 8.06. The summed E-state index contributed by atoms with van der Waals surface area (Å²) >= 11 is 0. The largest absolute Gasteiger partial charge is 0.352 e. The number of hydrogen-bond donors (Lipinski definition) is 1. The fraction of sp³-hybridized carbons (Fsp3) is 0.345. The summed E-state index contributed by atoms with van der Waals surface area (Å²) < 4.78 is 29.0. The monoisotopic (exact) mass is 492 g/mol. The first-order valence-corrected chi connectivity index (χ1v) is 13.8. The van der Waals surface area contributed by atoms with Crippen LogP contribution in [0.4, 0.5) is 5.69 Å². The van der Waals surface area contributed by atoms with Gasteiger partial charge < -0.3 is 5.32 Å². The second-order valence-corrected chi connectivity index (χ2v) is 10.8. The molecule has 1 N–H and O–H groups in total. The van der Waals surface area contributed by atoms with Gasteiger partial charge in [-0.1, -0.05) is 93.3 Å². The predicted molar refractivity (Wildman–Crippen MR) is 143 cm³/mol. The number of anilines is 1. The van der Waals surface area contributed by atoms with Crippen LogP contribution in [0.1, 0.15) is 61.0 Å². The van der Waals surface area contributed by atoms with Gasteiger partial charge in [0.25, 0.3) is 15.9 Å². The number of rotatable bonds is 12. The van der Waals surface area contributed by atoms with Crippen molar-refractivity contribution in [3.05, 3.63) is 95.6 Å². The van der Waals surface area contributed by atoms with Gasteiger partial charge in [0.15, 0.2) is 0 Å². The standard InChI is InChI=1S/C29H36N2O3S/c1-4-6-12-24(5-2)21-30-29(32)27-15-10-11-16-28(27)31(22-25-13-8-7-9-14-25)35(33,34)26-19-17-23(3)18-20-26/h7-11,13-20,24H,4-6,12,21-22H2,1-3H3,(H,30,32)/t24-/m1/s1. The van der Waals surface area contributed by atoms with Crippen LogP contribution in [0.5, 0.6) is 0 Å². The van der Waals surface area contributed by atoms with E-state index in [2.05, 4.69) is 19.2 Å². The maximum atomic E-state index is 13.8. The Bertz CT molecular complexity index is 1190. The molecule has 3 aromatic carbocycles. The van der Waals surface area contributed by atoms with E-state index in [1.807, 2.05) is 37.3 Å². The van der Waals surface area contributed by atoms with Gasteiger partial charge >= 0.3 is 0 Å². The van der Waals surface area contributed by atoms with Gasteiger partial charge in [-0.05, 0) is 49.1 Å². The van der Waals surface area contributed by atoms with Gasteiger partial charge in [0.1, 0.15) is 0 Å². The van der Waals surface area contributed by atoms with Crippen LogP contribution < -0.4 is 9.62 Å². The number of nitrogens with one attached hydrogen (secondary N) is 1. The lowest BCUT2D eigenvalue weighted by molar-refractivity contribution is 0.0946. The second kappa shape index (κ2) is 12.5. The van der Waals surface area contributed by atoms with Crippen molar-refractivity contribution < 1.29 is 13.2 Å². The molecule has 0 spiro atoms. The highest BCUT2D eigenvalue weighted by molar-refractivity contribution is 7.92. The summed E-state index contributed by atoms with van der Waals surface area (Å²) in [5.41, 5.74) is 2.54. The molecule has 0 saturated carbocycles. The quantitative estimate of drug-likeness (QED) is 0.321. The summed E-state index contributed by atoms with van der Waals surface area (Å²) in [5, 5.41) is 3.06. The van der Waals surface area contributed by atoms with Gasteiger partial charge in [-0.15, -0.1) is 0 Å². The zero-order valence-electron chi connectivity index (χ0n) is 20.9. The van der Waals surface area contributed by atoms with Crippen LogP contribution in [0.15, 0.2) is 83.8 Å². The molecule has 186 valence electrons. The van der Waals surface area contributed by atoms with Crippen LogP contribution in [-0.4, -0.2) is 20.9 Å². The van der Waals surface area contributed by atoms with Crippen molar-refractivity contribution in [3.63, 3.8) is 0 Å². The Hall–Kier alpha value is -3.12. The predicted octanol–water partition coefficient (Wildman–Crippen LogP) is 6.34. The van der Waals surface area contributed by atoms with Gasteiger partial charge in [0.05, 0.1) is 22.7 Å². The number of aryl methyl sites for hydroxylation is 1. The number of amides is 1. The maximum Gasteiger partial charge on any atom is 0.264 e. The van der Waals surface area contributed by atoms with E-state index in [9.17, 15) is 13.2 Å². The highest BCUT2D eigenvalue weighted by Gasteiger charge is 2.28. The van der Waals surface area contributed by atoms with Crippen molar-refractivity contribution in [2.75, 3.05) is 10.8 Å². The first-order valence-electron chi connectivity index (χ1n) is 12.4. The minimum absolute atomic E-state index is 0.120. The number of unbranched alkanes of at least 4 members (excludes halogenated alkanes) is 1. The molecular formula is C29H36N2O3S. The van der Waals surface area contributed by atoms with E-state index in [0.717, 1.165) is 36.8 Å². The van der Waals surface area contributed by atoms with E-state index in [-0.39, 0.29) is 17.3 Å². The highest BCUT2D eigenvalue weighted by atomic mass is 32.2. The molecule has 0 unspecified atom stereocenters. The molecule has 0 aliphatic carbocycles. The maximum absolute atomic E-state index is 13.8. The van der Waals surface area contributed by atoms with Crippen LogP contribution in [0, 0.1) is 12.8 Å². The molecule has 3 aromatic rings. The van der Waals surface area contributed by atoms with Crippen LogP contribution in [0.2, 0.25) is 0 Å². The fourth-order valence-corrected chi connectivity index (χ4v) is 5.52. The van der Waals surface area contributed by atoms with Crippen molar-refractivity contribution in [3.8, 4) is 0 Å². The zero-order valence-corrected chi connectivity index (χ0v) is 21.7. The Morgan fingerprint density at radius 3 is 2.23 bits per heavy atom. The summed E-state index contributed by atoms with van der Waals surface area (Å²) in [6.07, 6.45) is 4.31. The lowest BCUT2D eigenvalue weighted by Crippen LogP contribution is -2.34. The van der Waals surface area contributed by atoms with Crippen molar-refractivity contribution in [1.82, 2.24) is 5.32 Å². The lowest BCUT2D eigenvalue weighted by atomic mass is 9.99. The zero-order chi connectivity index (χ0) is 25.3. The van der Waals surface area contributed by atoms with Crippen LogP contribution in [0.3, 0.4) is 0 Å². The van der Waals surface area contributed by atoms with Gasteiger partial charge in [0.2, 0.25) is 0 Å². The van der Waals surface area contributed by atoms with Crippen LogP contribution in [-0.2, 0) is 16.6 Å². The molecule has 0 aliphatic heterocycles. The summed E-state index contributed by atoms with van der Waals surface area (Å²) in [6, 6.07) is 23.2. The third-order valence-electron chi connectivity index (χ3n) is 6.29. The number of hydrogen-bond acceptors (Lipinski definition) is 3. The van der Waals surface area contributed by atoms with Crippen molar-refractivity contribution in [2.45, 2.75) is 57.9 Å². The molecule has 0 aromatic heterocycles. The van der Waals surface area contributed by atoms with E-state index >= 15 is 0 Å². The third kappa shape index (κ3) is 6.95. The van der Waals surface area contributed by atoms with Crippen molar-refractivity contribution in [2.24, 2.45) is 5.92 Å². The van der Waals surface area contributed by atoms with Gasteiger partial charge in [0, 0.05) is 6.54 Å². The minimum Gasteiger partial charge on any atom is -0.352 e. The molecule has 1 amide bonds. The van der Waals surface area contributed by atoms with Gasteiger partial charge in [-0.3, -0.25) is 9.10 Å². The van der Waals surface area contributed by atoms with Gasteiger partial charge in [-0.25, -0.2) is 8.42 Å². The first kappa shape index (κ1) is 26.5. The minimum atomic E-state index is -3.92. The summed E-state index contributed by atoms with van der Waals surface area (Å²) in [7, 11) is -3.92. The molecule has 0 fully saturated rings. The van der Waals surface area contributed by atoms with E-state index in [0.29, 0.717) is 23.7 Å². The molecule has 0 saturated heterocycles. The van der Waals surface area contributed by atoms with Gasteiger partial charge in [-0.2, -0.15) is 0 Å². The molecule has 0 heterocycles. The molecular weight excluding hydrogens is 456 g/mol. The highest BCUT2D eigenvalue weighted by Crippen LogP contribution is 2.29. The molecule has 35 heavy (non-hydrogen) atoms. The second-order valence-electron chi connectivity index (χ2n) is 8.95. The smallest absolute Gasteiger partial charge is 0.264 e. The Kier molecular flexibility index (Phi) is 9.49. The number of para-hydroxylation sites is 1. The summed E-state index contributed by atoms with van der Waals surface area (Å²) in [5.74, 6) is 0.149. The molecule has 1 atom stereocenters. The van der Waals surface area contributed by atoms with Crippen molar-refractivity contribution in [1.29, 1.82) is 0 Å². The molecule has 3 rings (SSSR count). The number of sulfonamides is 1. The average molecular weight is 493 g/mol. The number of nitrogens with zero attached hydrogens (tertiary/aromatic N) is 1. The Balaban J connectivity index is 1.98. The summed E-state index contributed by atoms with van der Waals surface area (Å²) in [4.78, 5) is 13.5.